The molecule has 32 heavy (non-hydrogen) atoms. The molecule has 1 amide bonds. The van der Waals surface area contributed by atoms with E-state index in [0.717, 1.165) is 37.2 Å². The van der Waals surface area contributed by atoms with E-state index in [1.165, 1.54) is 0 Å². The average molecular weight is 442 g/mol. The predicted octanol–water partition coefficient (Wildman–Crippen LogP) is 3.80. The highest BCUT2D eigenvalue weighted by Gasteiger charge is 2.24. The van der Waals surface area contributed by atoms with Crippen molar-refractivity contribution in [2.75, 3.05) is 27.4 Å². The van der Waals surface area contributed by atoms with Crippen LogP contribution in [-0.2, 0) is 9.59 Å². The summed E-state index contributed by atoms with van der Waals surface area (Å²) in [6.45, 7) is 0.0547. The van der Waals surface area contributed by atoms with Crippen LogP contribution in [0.5, 0.6) is 23.0 Å². The van der Waals surface area contributed by atoms with Gasteiger partial charge in [-0.2, -0.15) is 0 Å². The number of nitrogens with one attached hydrogen (secondary N) is 1. The molecule has 0 spiro atoms. The number of hydrogen-bond donors (Lipinski definition) is 1. The normalized spacial score (nSPS) is 17.8. The maximum atomic E-state index is 12.3. The molecule has 1 saturated carbocycles. The summed E-state index contributed by atoms with van der Waals surface area (Å²) in [6.07, 6.45) is 4.08. The Hall–Kier alpha value is -3.22. The molecule has 2 aromatic rings. The van der Waals surface area contributed by atoms with E-state index in [9.17, 15) is 9.59 Å². The van der Waals surface area contributed by atoms with E-state index in [2.05, 4.69) is 5.32 Å². The molecule has 1 aliphatic rings. The zero-order chi connectivity index (χ0) is 22.8. The van der Waals surface area contributed by atoms with E-state index in [0.29, 0.717) is 23.8 Å². The number of rotatable bonds is 11. The highest BCUT2D eigenvalue weighted by molar-refractivity contribution is 5.80. The van der Waals surface area contributed by atoms with Gasteiger partial charge in [0.2, 0.25) is 0 Å². The van der Waals surface area contributed by atoms with Crippen LogP contribution in [0.3, 0.4) is 0 Å². The molecule has 172 valence electrons. The van der Waals surface area contributed by atoms with Crippen molar-refractivity contribution in [2.45, 2.75) is 38.1 Å². The molecule has 0 atom stereocenters. The van der Waals surface area contributed by atoms with Crippen LogP contribution in [0.2, 0.25) is 0 Å². The van der Waals surface area contributed by atoms with Gasteiger partial charge in [-0.05, 0) is 80.1 Å². The molecule has 3 rings (SSSR count). The first-order valence-electron chi connectivity index (χ1n) is 10.9. The topological polar surface area (TPSA) is 83.1 Å². The van der Waals surface area contributed by atoms with Gasteiger partial charge in [0.05, 0.1) is 14.2 Å². The number of amides is 1. The smallest absolute Gasteiger partial charge is 0.258 e. The van der Waals surface area contributed by atoms with Gasteiger partial charge in [-0.3, -0.25) is 9.59 Å². The van der Waals surface area contributed by atoms with Crippen molar-refractivity contribution in [1.29, 1.82) is 0 Å². The number of hydrogen-bond acceptors (Lipinski definition) is 6. The first-order chi connectivity index (χ1) is 15.6. The number of carbonyl (C=O) groups is 2. The second-order valence-electron chi connectivity index (χ2n) is 7.96. The van der Waals surface area contributed by atoms with Crippen molar-refractivity contribution in [3.8, 4) is 23.0 Å². The average Bonchev–Trinajstić information content (AvgIpc) is 2.83. The van der Waals surface area contributed by atoms with Crippen molar-refractivity contribution in [2.24, 2.45) is 5.92 Å². The van der Waals surface area contributed by atoms with Crippen molar-refractivity contribution in [1.82, 2.24) is 5.32 Å². The van der Waals surface area contributed by atoms with Crippen LogP contribution in [0.1, 0.15) is 32.1 Å². The summed E-state index contributed by atoms with van der Waals surface area (Å²) in [7, 11) is 3.21. The zero-order valence-corrected chi connectivity index (χ0v) is 18.7. The molecule has 1 aliphatic carbocycles. The Morgan fingerprint density at radius 3 is 1.72 bits per heavy atom. The standard InChI is InChI=1S/C25H31NO6/c1-29-21-7-11-23(12-8-21)31-16-20(27)15-18-3-5-19(6-4-18)26-25(28)17-32-24-13-9-22(30-2)10-14-24/h7-14,18-19H,3-6,15-17H2,1-2H3,(H,26,28). The molecular formula is C25H31NO6. The number of methoxy groups -OCH3 is 2. The monoisotopic (exact) mass is 441 g/mol. The molecule has 0 radical (unpaired) electrons. The van der Waals surface area contributed by atoms with E-state index < -0.39 is 0 Å². The first kappa shape index (κ1) is 23.4. The Morgan fingerprint density at radius 1 is 0.750 bits per heavy atom. The van der Waals surface area contributed by atoms with Crippen LogP contribution in [0.15, 0.2) is 48.5 Å². The van der Waals surface area contributed by atoms with Crippen LogP contribution in [-0.4, -0.2) is 45.2 Å². The molecular weight excluding hydrogens is 410 g/mol. The first-order valence-corrected chi connectivity index (χ1v) is 10.9. The lowest BCUT2D eigenvalue weighted by atomic mass is 9.83. The summed E-state index contributed by atoms with van der Waals surface area (Å²) in [4.78, 5) is 24.5. The number of Topliss-reactive ketones (excluding diaryl/α,β-unsaturated/α-hetero) is 1. The van der Waals surface area contributed by atoms with Crippen LogP contribution >= 0.6 is 0 Å². The molecule has 0 saturated heterocycles. The number of ether oxygens (including phenoxy) is 4. The third-order valence-corrected chi connectivity index (χ3v) is 5.62. The number of carbonyl (C=O) groups excluding carboxylic acids is 2. The van der Waals surface area contributed by atoms with E-state index in [1.807, 2.05) is 0 Å². The molecule has 0 aromatic heterocycles. The van der Waals surface area contributed by atoms with Gasteiger partial charge in [0, 0.05) is 12.5 Å². The van der Waals surface area contributed by atoms with E-state index in [4.69, 9.17) is 18.9 Å². The summed E-state index contributed by atoms with van der Waals surface area (Å²) in [6, 6.07) is 14.4. The minimum atomic E-state index is -0.131. The summed E-state index contributed by atoms with van der Waals surface area (Å²) in [5, 5.41) is 3.03. The quantitative estimate of drug-likeness (QED) is 0.571. The van der Waals surface area contributed by atoms with E-state index in [-0.39, 0.29) is 30.9 Å². The Labute approximate surface area is 189 Å². The largest absolute Gasteiger partial charge is 0.497 e. The lowest BCUT2D eigenvalue weighted by molar-refractivity contribution is -0.125. The lowest BCUT2D eigenvalue weighted by Gasteiger charge is -2.28. The van der Waals surface area contributed by atoms with Crippen LogP contribution < -0.4 is 24.3 Å². The Kier molecular flexibility index (Phi) is 8.78. The van der Waals surface area contributed by atoms with Gasteiger partial charge in [0.1, 0.15) is 29.6 Å². The van der Waals surface area contributed by atoms with Crippen molar-refractivity contribution in [3.05, 3.63) is 48.5 Å². The Morgan fingerprint density at radius 2 is 1.22 bits per heavy atom. The van der Waals surface area contributed by atoms with Gasteiger partial charge in [0.15, 0.2) is 12.4 Å². The maximum absolute atomic E-state index is 12.3. The fourth-order valence-corrected chi connectivity index (χ4v) is 3.82. The number of benzene rings is 2. The highest BCUT2D eigenvalue weighted by atomic mass is 16.5. The molecule has 0 unspecified atom stereocenters. The predicted molar refractivity (Wildman–Crippen MR) is 120 cm³/mol. The van der Waals surface area contributed by atoms with Gasteiger partial charge >= 0.3 is 0 Å². The molecule has 7 heteroatoms. The van der Waals surface area contributed by atoms with Crippen molar-refractivity contribution < 1.29 is 28.5 Å². The van der Waals surface area contributed by atoms with Gasteiger partial charge in [0.25, 0.3) is 5.91 Å². The molecule has 7 nitrogen and oxygen atoms in total. The third-order valence-electron chi connectivity index (χ3n) is 5.62. The summed E-state index contributed by atoms with van der Waals surface area (Å²) in [5.74, 6) is 3.08. The SMILES string of the molecule is COc1ccc(OCC(=O)CC2CCC(NC(=O)COc3ccc(OC)cc3)CC2)cc1. The van der Waals surface area contributed by atoms with Gasteiger partial charge < -0.3 is 24.3 Å². The highest BCUT2D eigenvalue weighted by Crippen LogP contribution is 2.27. The van der Waals surface area contributed by atoms with Crippen LogP contribution in [0, 0.1) is 5.92 Å². The molecule has 0 aliphatic heterocycles. The van der Waals surface area contributed by atoms with E-state index >= 15 is 0 Å². The van der Waals surface area contributed by atoms with Gasteiger partial charge in [-0.1, -0.05) is 0 Å². The Bertz CT molecular complexity index is 784. The minimum Gasteiger partial charge on any atom is -0.497 e. The fraction of sp³-hybridized carbons (Fsp3) is 0.440. The second-order valence-corrected chi connectivity index (χ2v) is 7.96. The van der Waals surface area contributed by atoms with E-state index in [1.54, 1.807) is 62.8 Å². The molecule has 0 bridgehead atoms. The van der Waals surface area contributed by atoms with Gasteiger partial charge in [-0.25, -0.2) is 0 Å². The summed E-state index contributed by atoms with van der Waals surface area (Å²) >= 11 is 0. The Balaban J connectivity index is 1.30. The second kappa shape index (κ2) is 12.0. The lowest BCUT2D eigenvalue weighted by Crippen LogP contribution is -2.40. The van der Waals surface area contributed by atoms with Crippen LogP contribution in [0.4, 0.5) is 0 Å². The number of ketones is 1. The van der Waals surface area contributed by atoms with Crippen molar-refractivity contribution in [3.63, 3.8) is 0 Å². The molecule has 1 N–H and O–H groups in total. The minimum absolute atomic E-state index is 0.0204. The van der Waals surface area contributed by atoms with Crippen LogP contribution in [0.25, 0.3) is 0 Å². The molecule has 0 heterocycles. The zero-order valence-electron chi connectivity index (χ0n) is 18.7. The molecule has 2 aromatic carbocycles. The van der Waals surface area contributed by atoms with Gasteiger partial charge in [-0.15, -0.1) is 0 Å². The summed E-state index contributed by atoms with van der Waals surface area (Å²) in [5.41, 5.74) is 0. The van der Waals surface area contributed by atoms with Crippen molar-refractivity contribution >= 4 is 11.7 Å². The summed E-state index contributed by atoms with van der Waals surface area (Å²) < 4.78 is 21.3. The fourth-order valence-electron chi connectivity index (χ4n) is 3.82. The third kappa shape index (κ3) is 7.48. The molecule has 1 fully saturated rings. The maximum Gasteiger partial charge on any atom is 0.258 e.